The monoisotopic (exact) mass is 338 g/mol. The molecule has 0 spiro atoms. The maximum Gasteiger partial charge on any atom is 0.0545 e. The molecule has 2 nitrogen and oxygen atoms in total. The van der Waals surface area contributed by atoms with E-state index in [-0.39, 0.29) is 0 Å². The summed E-state index contributed by atoms with van der Waals surface area (Å²) in [6.07, 6.45) is 0. The van der Waals surface area contributed by atoms with Crippen LogP contribution in [0.2, 0.25) is 0 Å². The number of para-hydroxylation sites is 1. The zero-order valence-corrected chi connectivity index (χ0v) is 12.1. The second-order valence-corrected chi connectivity index (χ2v) is 5.22. The van der Waals surface area contributed by atoms with Gasteiger partial charge >= 0.3 is 0 Å². The minimum atomic E-state index is 0.802. The van der Waals surface area contributed by atoms with Crippen LogP contribution in [-0.4, -0.2) is 7.05 Å². The lowest BCUT2D eigenvalue weighted by Gasteiger charge is -2.23. The topological polar surface area (TPSA) is 29.3 Å². The van der Waals surface area contributed by atoms with Crippen molar-refractivity contribution in [2.75, 3.05) is 17.7 Å². The Bertz CT molecular complexity index is 537. The zero-order valence-electron chi connectivity index (χ0n) is 9.94. The van der Waals surface area contributed by atoms with Crippen LogP contribution in [0.1, 0.15) is 5.56 Å². The molecule has 88 valence electrons. The third kappa shape index (κ3) is 2.54. The molecule has 0 aliphatic heterocycles. The van der Waals surface area contributed by atoms with Crippen molar-refractivity contribution in [2.45, 2.75) is 6.92 Å². The maximum absolute atomic E-state index is 5.77. The molecule has 0 amide bonds. The molecule has 0 aromatic heterocycles. The van der Waals surface area contributed by atoms with Gasteiger partial charge < -0.3 is 10.6 Å². The van der Waals surface area contributed by atoms with Crippen molar-refractivity contribution < 1.29 is 0 Å². The summed E-state index contributed by atoms with van der Waals surface area (Å²) in [6.45, 7) is 2.12. The van der Waals surface area contributed by atoms with Crippen LogP contribution in [0.3, 0.4) is 0 Å². The first-order chi connectivity index (χ1) is 8.09. The van der Waals surface area contributed by atoms with Crippen molar-refractivity contribution in [3.8, 4) is 0 Å². The molecule has 2 aromatic carbocycles. The molecule has 0 saturated heterocycles. The largest absolute Gasteiger partial charge is 0.399 e. The number of benzene rings is 2. The van der Waals surface area contributed by atoms with Crippen LogP contribution in [-0.2, 0) is 0 Å². The molecule has 0 fully saturated rings. The highest BCUT2D eigenvalue weighted by Crippen LogP contribution is 2.31. The SMILES string of the molecule is Cc1ccccc1N(C)c1ccc(N)cc1I. The van der Waals surface area contributed by atoms with E-state index >= 15 is 0 Å². The smallest absolute Gasteiger partial charge is 0.0545 e. The Kier molecular flexibility index (Phi) is 3.57. The first-order valence-corrected chi connectivity index (χ1v) is 6.52. The standard InChI is InChI=1S/C14H15IN2/c1-10-5-3-4-6-13(10)17(2)14-8-7-11(16)9-12(14)15/h3-9H,16H2,1-2H3. The average Bonchev–Trinajstić information content (AvgIpc) is 2.29. The molecule has 2 N–H and O–H groups in total. The molecule has 0 saturated carbocycles. The van der Waals surface area contributed by atoms with E-state index in [9.17, 15) is 0 Å². The van der Waals surface area contributed by atoms with Crippen LogP contribution < -0.4 is 10.6 Å². The van der Waals surface area contributed by atoms with Crippen LogP contribution in [0, 0.1) is 10.5 Å². The van der Waals surface area contributed by atoms with Crippen molar-refractivity contribution in [1.82, 2.24) is 0 Å². The fourth-order valence-electron chi connectivity index (χ4n) is 1.86. The van der Waals surface area contributed by atoms with Gasteiger partial charge in [0.1, 0.15) is 0 Å². The molecular weight excluding hydrogens is 323 g/mol. The van der Waals surface area contributed by atoms with E-state index in [4.69, 9.17) is 5.73 Å². The normalized spacial score (nSPS) is 10.3. The summed E-state index contributed by atoms with van der Waals surface area (Å²) in [5, 5.41) is 0. The Morgan fingerprint density at radius 2 is 1.76 bits per heavy atom. The average molecular weight is 338 g/mol. The van der Waals surface area contributed by atoms with Gasteiger partial charge in [-0.1, -0.05) is 18.2 Å². The molecule has 0 aliphatic rings. The number of halogens is 1. The fraction of sp³-hybridized carbons (Fsp3) is 0.143. The van der Waals surface area contributed by atoms with Crippen LogP contribution in [0.15, 0.2) is 42.5 Å². The zero-order chi connectivity index (χ0) is 12.4. The van der Waals surface area contributed by atoms with Gasteiger partial charge in [0.05, 0.1) is 5.69 Å². The molecule has 0 aliphatic carbocycles. The Balaban J connectivity index is 2.44. The van der Waals surface area contributed by atoms with Crippen molar-refractivity contribution >= 4 is 39.7 Å². The predicted octanol–water partition coefficient (Wildman–Crippen LogP) is 3.95. The van der Waals surface area contributed by atoms with Crippen molar-refractivity contribution in [1.29, 1.82) is 0 Å². The van der Waals surface area contributed by atoms with Gasteiger partial charge in [-0.25, -0.2) is 0 Å². The molecular formula is C14H15IN2. The van der Waals surface area contributed by atoms with Gasteiger partial charge in [-0.3, -0.25) is 0 Å². The lowest BCUT2D eigenvalue weighted by atomic mass is 10.1. The summed E-state index contributed by atoms with van der Waals surface area (Å²) < 4.78 is 1.16. The molecule has 0 heterocycles. The van der Waals surface area contributed by atoms with Crippen LogP contribution in [0.4, 0.5) is 17.1 Å². The third-order valence-electron chi connectivity index (χ3n) is 2.81. The number of hydrogen-bond donors (Lipinski definition) is 1. The fourth-order valence-corrected chi connectivity index (χ4v) is 2.77. The van der Waals surface area contributed by atoms with E-state index in [0.717, 1.165) is 9.26 Å². The Labute approximate surface area is 116 Å². The van der Waals surface area contributed by atoms with Crippen LogP contribution in [0.25, 0.3) is 0 Å². The van der Waals surface area contributed by atoms with Crippen molar-refractivity contribution in [2.24, 2.45) is 0 Å². The van der Waals surface area contributed by atoms with E-state index in [1.165, 1.54) is 16.9 Å². The molecule has 2 aromatic rings. The number of nitrogen functional groups attached to an aromatic ring is 1. The first kappa shape index (κ1) is 12.2. The molecule has 17 heavy (non-hydrogen) atoms. The lowest BCUT2D eigenvalue weighted by Crippen LogP contribution is -2.12. The molecule has 3 heteroatoms. The van der Waals surface area contributed by atoms with E-state index in [1.807, 2.05) is 12.1 Å². The van der Waals surface area contributed by atoms with E-state index in [1.54, 1.807) is 0 Å². The minimum absolute atomic E-state index is 0.802. The third-order valence-corrected chi connectivity index (χ3v) is 3.67. The molecule has 0 atom stereocenters. The second kappa shape index (κ2) is 4.96. The van der Waals surface area contributed by atoms with Gasteiger partial charge in [-0.2, -0.15) is 0 Å². The highest BCUT2D eigenvalue weighted by atomic mass is 127. The van der Waals surface area contributed by atoms with Gasteiger partial charge in [-0.05, 0) is 59.3 Å². The molecule has 0 unspecified atom stereocenters. The van der Waals surface area contributed by atoms with E-state index in [2.05, 4.69) is 71.8 Å². The maximum atomic E-state index is 5.77. The summed E-state index contributed by atoms with van der Waals surface area (Å²) in [5.41, 5.74) is 10.2. The highest BCUT2D eigenvalue weighted by Gasteiger charge is 2.09. The van der Waals surface area contributed by atoms with Gasteiger partial charge in [0.25, 0.3) is 0 Å². The summed E-state index contributed by atoms with van der Waals surface area (Å²) in [4.78, 5) is 2.19. The number of rotatable bonds is 2. The van der Waals surface area contributed by atoms with Gasteiger partial charge in [0.2, 0.25) is 0 Å². The molecule has 2 rings (SSSR count). The molecule has 0 bridgehead atoms. The summed E-state index contributed by atoms with van der Waals surface area (Å²) in [6, 6.07) is 14.3. The van der Waals surface area contributed by atoms with E-state index in [0.29, 0.717) is 0 Å². The Hall–Kier alpha value is -1.23. The first-order valence-electron chi connectivity index (χ1n) is 5.44. The second-order valence-electron chi connectivity index (χ2n) is 4.06. The summed E-state index contributed by atoms with van der Waals surface area (Å²) in [5.74, 6) is 0. The van der Waals surface area contributed by atoms with Gasteiger partial charge in [0, 0.05) is 22.0 Å². The van der Waals surface area contributed by atoms with Crippen LogP contribution >= 0.6 is 22.6 Å². The number of nitrogens with two attached hydrogens (primary N) is 1. The Morgan fingerprint density at radius 3 is 2.41 bits per heavy atom. The number of anilines is 3. The lowest BCUT2D eigenvalue weighted by molar-refractivity contribution is 1.18. The molecule has 0 radical (unpaired) electrons. The van der Waals surface area contributed by atoms with E-state index < -0.39 is 0 Å². The quantitative estimate of drug-likeness (QED) is 0.664. The van der Waals surface area contributed by atoms with Gasteiger partial charge in [0.15, 0.2) is 0 Å². The highest BCUT2D eigenvalue weighted by molar-refractivity contribution is 14.1. The Morgan fingerprint density at radius 1 is 1.06 bits per heavy atom. The number of hydrogen-bond acceptors (Lipinski definition) is 2. The predicted molar refractivity (Wildman–Crippen MR) is 82.8 cm³/mol. The number of aryl methyl sites for hydroxylation is 1. The number of nitrogens with zero attached hydrogens (tertiary/aromatic N) is 1. The van der Waals surface area contributed by atoms with Crippen LogP contribution in [0.5, 0.6) is 0 Å². The van der Waals surface area contributed by atoms with Gasteiger partial charge in [-0.15, -0.1) is 0 Å². The van der Waals surface area contributed by atoms with Crippen molar-refractivity contribution in [3.05, 3.63) is 51.6 Å². The summed E-state index contributed by atoms with van der Waals surface area (Å²) in [7, 11) is 2.08. The minimum Gasteiger partial charge on any atom is -0.399 e. The summed E-state index contributed by atoms with van der Waals surface area (Å²) >= 11 is 2.32. The van der Waals surface area contributed by atoms with Crippen molar-refractivity contribution in [3.63, 3.8) is 0 Å².